The predicted octanol–water partition coefficient (Wildman–Crippen LogP) is 4.92. The average molecular weight is 430 g/mol. The fourth-order valence-electron chi connectivity index (χ4n) is 3.55. The van der Waals surface area contributed by atoms with Crippen molar-refractivity contribution in [1.82, 2.24) is 4.98 Å². The van der Waals surface area contributed by atoms with Crippen molar-refractivity contribution in [3.05, 3.63) is 48.0 Å². The molecule has 0 bridgehead atoms. The Morgan fingerprint density at radius 1 is 1.07 bits per heavy atom. The largest absolute Gasteiger partial charge is 0.302 e. The summed E-state index contributed by atoms with van der Waals surface area (Å²) in [4.78, 5) is 17.1. The lowest BCUT2D eigenvalue weighted by Crippen LogP contribution is -2.24. The molecular formula is C21H23N3O3S2. The lowest BCUT2D eigenvalue weighted by molar-refractivity contribution is -0.120. The third kappa shape index (κ3) is 4.59. The van der Waals surface area contributed by atoms with Gasteiger partial charge in [-0.05, 0) is 50.1 Å². The number of carbonyl (C=O) groups is 1. The SMILES string of the molecule is Cc1ccc(S(=O)(=O)Nc2ccc3sc(NC(=O)C4CCCCC4)nc3c2)cc1. The van der Waals surface area contributed by atoms with Gasteiger partial charge in [-0.1, -0.05) is 48.3 Å². The summed E-state index contributed by atoms with van der Waals surface area (Å²) >= 11 is 1.39. The highest BCUT2D eigenvalue weighted by Gasteiger charge is 2.22. The van der Waals surface area contributed by atoms with Crippen molar-refractivity contribution in [3.63, 3.8) is 0 Å². The van der Waals surface area contributed by atoms with Crippen LogP contribution in [0.1, 0.15) is 37.7 Å². The van der Waals surface area contributed by atoms with Gasteiger partial charge >= 0.3 is 0 Å². The summed E-state index contributed by atoms with van der Waals surface area (Å²) < 4.78 is 28.7. The number of rotatable bonds is 5. The van der Waals surface area contributed by atoms with Gasteiger partial charge < -0.3 is 5.32 Å². The molecule has 1 aromatic heterocycles. The minimum absolute atomic E-state index is 0.0315. The summed E-state index contributed by atoms with van der Waals surface area (Å²) in [5.74, 6) is 0.0942. The summed E-state index contributed by atoms with van der Waals surface area (Å²) in [6, 6.07) is 11.9. The average Bonchev–Trinajstić information content (AvgIpc) is 3.10. The van der Waals surface area contributed by atoms with Crippen molar-refractivity contribution in [2.45, 2.75) is 43.9 Å². The highest BCUT2D eigenvalue weighted by Crippen LogP contribution is 2.31. The van der Waals surface area contributed by atoms with Crippen LogP contribution in [-0.2, 0) is 14.8 Å². The van der Waals surface area contributed by atoms with Gasteiger partial charge in [-0.15, -0.1) is 0 Å². The number of hydrogen-bond donors (Lipinski definition) is 2. The topological polar surface area (TPSA) is 88.2 Å². The zero-order valence-electron chi connectivity index (χ0n) is 16.1. The van der Waals surface area contributed by atoms with E-state index in [4.69, 9.17) is 0 Å². The number of thiazole rings is 1. The third-order valence-electron chi connectivity index (χ3n) is 5.18. The van der Waals surface area contributed by atoms with Crippen molar-refractivity contribution < 1.29 is 13.2 Å². The van der Waals surface area contributed by atoms with Crippen LogP contribution in [0.5, 0.6) is 0 Å². The number of anilines is 2. The zero-order valence-corrected chi connectivity index (χ0v) is 17.8. The summed E-state index contributed by atoms with van der Waals surface area (Å²) in [6.07, 6.45) is 5.26. The molecule has 6 nitrogen and oxygen atoms in total. The van der Waals surface area contributed by atoms with Crippen LogP contribution in [-0.4, -0.2) is 19.3 Å². The molecule has 1 amide bonds. The van der Waals surface area contributed by atoms with E-state index in [1.807, 2.05) is 13.0 Å². The van der Waals surface area contributed by atoms with Crippen LogP contribution in [0.3, 0.4) is 0 Å². The molecule has 4 rings (SSSR count). The molecule has 0 aliphatic heterocycles. The molecule has 0 radical (unpaired) electrons. The first-order chi connectivity index (χ1) is 13.9. The Balaban J connectivity index is 1.50. The van der Waals surface area contributed by atoms with Crippen LogP contribution in [0.4, 0.5) is 10.8 Å². The van der Waals surface area contributed by atoms with Gasteiger partial charge in [0.05, 0.1) is 20.8 Å². The van der Waals surface area contributed by atoms with E-state index < -0.39 is 10.0 Å². The first-order valence-corrected chi connectivity index (χ1v) is 12.0. The van der Waals surface area contributed by atoms with Crippen molar-refractivity contribution >= 4 is 48.3 Å². The van der Waals surface area contributed by atoms with Gasteiger partial charge in [-0.3, -0.25) is 9.52 Å². The fraction of sp³-hybridized carbons (Fsp3) is 0.333. The minimum Gasteiger partial charge on any atom is -0.302 e. The second-order valence-corrected chi connectivity index (χ2v) is 10.2. The van der Waals surface area contributed by atoms with E-state index in [1.54, 1.807) is 36.4 Å². The Kier molecular flexibility index (Phi) is 5.56. The van der Waals surface area contributed by atoms with Gasteiger partial charge in [-0.25, -0.2) is 13.4 Å². The number of amides is 1. The molecule has 8 heteroatoms. The standard InChI is InChI=1S/C21H23N3O3S2/c1-14-7-10-17(11-8-14)29(26,27)24-16-9-12-19-18(13-16)22-21(28-19)23-20(25)15-5-3-2-4-6-15/h7-13,15,24H,2-6H2,1H3,(H,22,23,25). The van der Waals surface area contributed by atoms with Crippen molar-refractivity contribution in [2.24, 2.45) is 5.92 Å². The Hall–Kier alpha value is -2.45. The van der Waals surface area contributed by atoms with Gasteiger partial charge in [0.25, 0.3) is 10.0 Å². The van der Waals surface area contributed by atoms with Crippen LogP contribution in [0, 0.1) is 12.8 Å². The highest BCUT2D eigenvalue weighted by atomic mass is 32.2. The molecule has 1 heterocycles. The third-order valence-corrected chi connectivity index (χ3v) is 7.53. The molecule has 1 fully saturated rings. The molecule has 29 heavy (non-hydrogen) atoms. The molecule has 1 aliphatic carbocycles. The monoisotopic (exact) mass is 429 g/mol. The molecule has 1 saturated carbocycles. The normalized spacial score (nSPS) is 15.3. The van der Waals surface area contributed by atoms with E-state index in [0.29, 0.717) is 16.3 Å². The van der Waals surface area contributed by atoms with E-state index in [0.717, 1.165) is 35.9 Å². The summed E-state index contributed by atoms with van der Waals surface area (Å²) in [5.41, 5.74) is 2.09. The number of nitrogens with one attached hydrogen (secondary N) is 2. The van der Waals surface area contributed by atoms with E-state index in [2.05, 4.69) is 15.0 Å². The van der Waals surface area contributed by atoms with Gasteiger partial charge in [0.2, 0.25) is 5.91 Å². The van der Waals surface area contributed by atoms with E-state index in [9.17, 15) is 13.2 Å². The van der Waals surface area contributed by atoms with Crippen molar-refractivity contribution in [3.8, 4) is 0 Å². The Morgan fingerprint density at radius 3 is 2.52 bits per heavy atom. The van der Waals surface area contributed by atoms with Crippen LogP contribution in [0.2, 0.25) is 0 Å². The van der Waals surface area contributed by atoms with E-state index in [1.165, 1.54) is 17.8 Å². The Morgan fingerprint density at radius 2 is 1.79 bits per heavy atom. The van der Waals surface area contributed by atoms with Crippen LogP contribution in [0.25, 0.3) is 10.2 Å². The van der Waals surface area contributed by atoms with E-state index in [-0.39, 0.29) is 16.7 Å². The molecule has 2 N–H and O–H groups in total. The molecule has 1 aliphatic rings. The van der Waals surface area contributed by atoms with Crippen LogP contribution < -0.4 is 10.0 Å². The number of aromatic nitrogens is 1. The summed E-state index contributed by atoms with van der Waals surface area (Å²) in [5, 5.41) is 3.48. The van der Waals surface area contributed by atoms with Crippen molar-refractivity contribution in [1.29, 1.82) is 0 Å². The Bertz CT molecular complexity index is 1130. The smallest absolute Gasteiger partial charge is 0.261 e. The number of hydrogen-bond acceptors (Lipinski definition) is 5. The second-order valence-electron chi connectivity index (χ2n) is 7.44. The zero-order chi connectivity index (χ0) is 20.4. The van der Waals surface area contributed by atoms with Gasteiger partial charge in [0.15, 0.2) is 5.13 Å². The number of fused-ring (bicyclic) bond motifs is 1. The van der Waals surface area contributed by atoms with Gasteiger partial charge in [0, 0.05) is 5.92 Å². The first-order valence-electron chi connectivity index (χ1n) is 9.72. The summed E-state index contributed by atoms with van der Waals surface area (Å²) in [7, 11) is -3.67. The first kappa shape index (κ1) is 19.8. The van der Waals surface area contributed by atoms with Crippen LogP contribution >= 0.6 is 11.3 Å². The number of carbonyl (C=O) groups excluding carboxylic acids is 1. The van der Waals surface area contributed by atoms with E-state index >= 15 is 0 Å². The van der Waals surface area contributed by atoms with Gasteiger partial charge in [-0.2, -0.15) is 0 Å². The van der Waals surface area contributed by atoms with Gasteiger partial charge in [0.1, 0.15) is 0 Å². The number of nitrogens with zero attached hydrogens (tertiary/aromatic N) is 1. The summed E-state index contributed by atoms with van der Waals surface area (Å²) in [6.45, 7) is 1.91. The molecule has 3 aromatic rings. The maximum absolute atomic E-state index is 12.6. The Labute approximate surface area is 174 Å². The van der Waals surface area contributed by atoms with Crippen molar-refractivity contribution in [2.75, 3.05) is 10.0 Å². The van der Waals surface area contributed by atoms with Crippen LogP contribution in [0.15, 0.2) is 47.4 Å². The molecule has 0 atom stereocenters. The maximum atomic E-state index is 12.6. The second kappa shape index (κ2) is 8.12. The molecule has 0 spiro atoms. The lowest BCUT2D eigenvalue weighted by Gasteiger charge is -2.19. The lowest BCUT2D eigenvalue weighted by atomic mass is 9.89. The molecular weight excluding hydrogens is 406 g/mol. The minimum atomic E-state index is -3.67. The maximum Gasteiger partial charge on any atom is 0.261 e. The molecule has 2 aromatic carbocycles. The molecule has 0 saturated heterocycles. The highest BCUT2D eigenvalue weighted by molar-refractivity contribution is 7.92. The quantitative estimate of drug-likeness (QED) is 0.602. The number of aryl methyl sites for hydroxylation is 1. The molecule has 152 valence electrons. The molecule has 0 unspecified atom stereocenters. The predicted molar refractivity (Wildman–Crippen MR) is 117 cm³/mol. The fourth-order valence-corrected chi connectivity index (χ4v) is 5.45. The number of benzene rings is 2. The number of sulfonamides is 1.